The second-order valence-corrected chi connectivity index (χ2v) is 11.5. The zero-order valence-corrected chi connectivity index (χ0v) is 21.1. The molecule has 0 aliphatic rings. The molecule has 0 atom stereocenters. The van der Waals surface area contributed by atoms with Crippen molar-refractivity contribution in [1.82, 2.24) is 0 Å². The summed E-state index contributed by atoms with van der Waals surface area (Å²) in [6.45, 7) is 0. The smallest absolute Gasteiger partial charge is 0.308 e. The number of rotatable bonds is 8. The summed E-state index contributed by atoms with van der Waals surface area (Å²) in [6.07, 6.45) is 0. The van der Waals surface area contributed by atoms with Crippen LogP contribution in [0.2, 0.25) is 0 Å². The first-order valence-electron chi connectivity index (χ1n) is 10.9. The van der Waals surface area contributed by atoms with Crippen molar-refractivity contribution >= 4 is 48.6 Å². The number of nitrogens with one attached hydrogen (secondary N) is 3. The lowest BCUT2D eigenvalue weighted by Gasteiger charge is -2.10. The molecule has 4 rings (SSSR count). The van der Waals surface area contributed by atoms with Gasteiger partial charge in [0.15, 0.2) is 0 Å². The van der Waals surface area contributed by atoms with Gasteiger partial charge in [0.25, 0.3) is 15.7 Å². The fourth-order valence-electron chi connectivity index (χ4n) is 3.33. The Labute approximate surface area is 218 Å². The van der Waals surface area contributed by atoms with Crippen molar-refractivity contribution in [2.24, 2.45) is 0 Å². The van der Waals surface area contributed by atoms with E-state index in [1.165, 1.54) is 48.5 Å². The van der Waals surface area contributed by atoms with Crippen LogP contribution in [0.4, 0.5) is 27.5 Å². The van der Waals surface area contributed by atoms with Crippen molar-refractivity contribution in [2.45, 2.75) is 14.7 Å². The average molecular weight is 553 g/mol. The number of anilines is 3. The van der Waals surface area contributed by atoms with Gasteiger partial charge in [-0.15, -0.1) is 0 Å². The lowest BCUT2D eigenvalue weighted by Crippen LogP contribution is -2.19. The van der Waals surface area contributed by atoms with Gasteiger partial charge < -0.3 is 10.6 Å². The van der Waals surface area contributed by atoms with Crippen molar-refractivity contribution in [3.63, 3.8) is 0 Å². The lowest BCUT2D eigenvalue weighted by molar-refractivity contribution is -0.384. The third kappa shape index (κ3) is 6.14. The molecular weight excluding hydrogens is 532 g/mol. The molecule has 0 heterocycles. The van der Waals surface area contributed by atoms with Crippen LogP contribution in [-0.2, 0) is 19.9 Å². The largest absolute Gasteiger partial charge is 0.323 e. The molecule has 194 valence electrons. The van der Waals surface area contributed by atoms with Gasteiger partial charge in [-0.3, -0.25) is 14.8 Å². The first-order chi connectivity index (χ1) is 18.0. The highest BCUT2D eigenvalue weighted by molar-refractivity contribution is 7.92. The quantitative estimate of drug-likeness (QED) is 0.207. The Morgan fingerprint density at radius 1 is 0.605 bits per heavy atom. The highest BCUT2D eigenvalue weighted by Crippen LogP contribution is 2.25. The Balaban J connectivity index is 1.43. The number of carbonyl (C=O) groups excluding carboxylic acids is 1. The van der Waals surface area contributed by atoms with Crippen LogP contribution in [-0.4, -0.2) is 27.8 Å². The summed E-state index contributed by atoms with van der Waals surface area (Å²) in [5.74, 6) is 0. The highest BCUT2D eigenvalue weighted by Gasteiger charge is 2.20. The van der Waals surface area contributed by atoms with Crippen LogP contribution >= 0.6 is 0 Å². The van der Waals surface area contributed by atoms with Crippen molar-refractivity contribution in [2.75, 3.05) is 15.4 Å². The average Bonchev–Trinajstić information content (AvgIpc) is 2.89. The monoisotopic (exact) mass is 552 g/mol. The van der Waals surface area contributed by atoms with Crippen LogP contribution in [0.1, 0.15) is 0 Å². The van der Waals surface area contributed by atoms with Gasteiger partial charge in [0.05, 0.1) is 19.6 Å². The van der Waals surface area contributed by atoms with E-state index in [-0.39, 0.29) is 26.1 Å². The van der Waals surface area contributed by atoms with E-state index in [4.69, 9.17) is 0 Å². The standard InChI is InChI=1S/C25H20N4O7S2/c30-25(26-18-4-2-1-3-5-18)27-19-6-12-22(13-7-19)37(33,34)23-14-8-20(9-15-23)28-38(35,36)24-16-10-21(11-17-24)29(31)32/h1-17,28H,(H2,26,27,30). The maximum atomic E-state index is 13.0. The highest BCUT2D eigenvalue weighted by atomic mass is 32.2. The van der Waals surface area contributed by atoms with E-state index in [1.54, 1.807) is 24.3 Å². The number of amides is 2. The summed E-state index contributed by atoms with van der Waals surface area (Å²) in [4.78, 5) is 22.0. The third-order valence-electron chi connectivity index (χ3n) is 5.23. The molecule has 2 amide bonds. The number of para-hydroxylation sites is 1. The maximum Gasteiger partial charge on any atom is 0.323 e. The predicted molar refractivity (Wildman–Crippen MR) is 141 cm³/mol. The van der Waals surface area contributed by atoms with E-state index in [0.717, 1.165) is 24.3 Å². The third-order valence-corrected chi connectivity index (χ3v) is 8.41. The number of benzene rings is 4. The molecule has 0 unspecified atom stereocenters. The zero-order chi connectivity index (χ0) is 27.3. The van der Waals surface area contributed by atoms with Crippen molar-refractivity contribution in [1.29, 1.82) is 0 Å². The summed E-state index contributed by atoms with van der Waals surface area (Å²) >= 11 is 0. The summed E-state index contributed by atoms with van der Waals surface area (Å²) in [5.41, 5.74) is 0.833. The molecule has 0 aliphatic heterocycles. The van der Waals surface area contributed by atoms with Gasteiger partial charge in [-0.05, 0) is 72.8 Å². The van der Waals surface area contributed by atoms with Crippen LogP contribution in [0.15, 0.2) is 118 Å². The topological polar surface area (TPSA) is 165 Å². The molecule has 0 bridgehead atoms. The van der Waals surface area contributed by atoms with Crippen molar-refractivity contribution < 1.29 is 26.6 Å². The van der Waals surface area contributed by atoms with Gasteiger partial charge >= 0.3 is 6.03 Å². The number of non-ortho nitro benzene ring substituents is 1. The van der Waals surface area contributed by atoms with E-state index in [1.807, 2.05) is 6.07 Å². The van der Waals surface area contributed by atoms with Crippen LogP contribution in [0.3, 0.4) is 0 Å². The number of nitrogens with zero attached hydrogens (tertiary/aromatic N) is 1. The molecule has 0 fully saturated rings. The summed E-state index contributed by atoms with van der Waals surface area (Å²) < 4.78 is 53.5. The molecule has 0 saturated heterocycles. The molecule has 11 nitrogen and oxygen atoms in total. The summed E-state index contributed by atoms with van der Waals surface area (Å²) in [7, 11) is -7.98. The molecule has 0 aliphatic carbocycles. The van der Waals surface area contributed by atoms with Gasteiger partial charge in [0, 0.05) is 29.2 Å². The molecule has 0 spiro atoms. The van der Waals surface area contributed by atoms with E-state index >= 15 is 0 Å². The molecule has 4 aromatic carbocycles. The van der Waals surface area contributed by atoms with Crippen molar-refractivity contribution in [3.8, 4) is 0 Å². The number of sulfonamides is 1. The van der Waals surface area contributed by atoms with Gasteiger partial charge in [0.1, 0.15) is 0 Å². The molecule has 0 saturated carbocycles. The van der Waals surface area contributed by atoms with Gasteiger partial charge in [-0.25, -0.2) is 21.6 Å². The SMILES string of the molecule is O=C(Nc1ccccc1)Nc1ccc(S(=O)(=O)c2ccc(NS(=O)(=O)c3ccc([N+](=O)[O-])cc3)cc2)cc1. The Morgan fingerprint density at radius 3 is 1.55 bits per heavy atom. The molecule has 38 heavy (non-hydrogen) atoms. The second-order valence-electron chi connectivity index (χ2n) is 7.85. The van der Waals surface area contributed by atoms with Crippen LogP contribution in [0.25, 0.3) is 0 Å². The molecular formula is C25H20N4O7S2. The Hall–Kier alpha value is -4.75. The second kappa shape index (κ2) is 10.7. The Morgan fingerprint density at radius 2 is 1.05 bits per heavy atom. The number of hydrogen-bond donors (Lipinski definition) is 3. The number of hydrogen-bond acceptors (Lipinski definition) is 7. The lowest BCUT2D eigenvalue weighted by atomic mass is 10.3. The fourth-order valence-corrected chi connectivity index (χ4v) is 5.65. The minimum absolute atomic E-state index is 0.0225. The molecule has 0 radical (unpaired) electrons. The minimum atomic E-state index is -4.05. The van der Waals surface area contributed by atoms with E-state index in [0.29, 0.717) is 11.4 Å². The predicted octanol–water partition coefficient (Wildman–Crippen LogP) is 4.87. The van der Waals surface area contributed by atoms with Crippen molar-refractivity contribution in [3.05, 3.63) is 113 Å². The normalized spacial score (nSPS) is 11.4. The van der Waals surface area contributed by atoms with E-state index < -0.39 is 30.8 Å². The number of carbonyl (C=O) groups is 1. The summed E-state index contributed by atoms with van der Waals surface area (Å²) in [6, 6.07) is 23.3. The van der Waals surface area contributed by atoms with Gasteiger partial charge in [-0.2, -0.15) is 0 Å². The number of sulfone groups is 1. The maximum absolute atomic E-state index is 13.0. The number of nitro benzene ring substituents is 1. The van der Waals surface area contributed by atoms with E-state index in [9.17, 15) is 31.7 Å². The number of nitro groups is 1. The zero-order valence-electron chi connectivity index (χ0n) is 19.4. The Kier molecular flexibility index (Phi) is 7.41. The minimum Gasteiger partial charge on any atom is -0.308 e. The van der Waals surface area contributed by atoms with Crippen LogP contribution in [0.5, 0.6) is 0 Å². The molecule has 4 aromatic rings. The first kappa shape index (κ1) is 26.3. The fraction of sp³-hybridized carbons (Fsp3) is 0. The van der Waals surface area contributed by atoms with Crippen LogP contribution < -0.4 is 15.4 Å². The Bertz CT molecular complexity index is 1670. The first-order valence-corrected chi connectivity index (χ1v) is 13.9. The summed E-state index contributed by atoms with van der Waals surface area (Å²) in [5, 5.41) is 16.0. The number of urea groups is 1. The molecule has 13 heteroatoms. The van der Waals surface area contributed by atoms with E-state index in [2.05, 4.69) is 15.4 Å². The van der Waals surface area contributed by atoms with Gasteiger partial charge in [-0.1, -0.05) is 18.2 Å². The molecule has 3 N–H and O–H groups in total. The molecule has 0 aromatic heterocycles. The van der Waals surface area contributed by atoms with Gasteiger partial charge in [0.2, 0.25) is 9.84 Å². The van der Waals surface area contributed by atoms with Crippen LogP contribution in [0, 0.1) is 10.1 Å².